The van der Waals surface area contributed by atoms with Crippen LogP contribution in [0.5, 0.6) is 0 Å². The maximum absolute atomic E-state index is 3.79. The lowest BCUT2D eigenvalue weighted by atomic mass is 10.1. The Hall–Kier alpha value is -0.300. The van der Waals surface area contributed by atoms with Gasteiger partial charge >= 0.3 is 0 Å². The van der Waals surface area contributed by atoms with Gasteiger partial charge in [-0.25, -0.2) is 0 Å². The van der Waals surface area contributed by atoms with E-state index in [9.17, 15) is 0 Å². The molecule has 1 heteroatoms. The standard InChI is InChI=1S/C9H19N/c1-5-7-8-9(6-2)10(3)4/h6,9H,2,5,7-8H2,1,3-4H3. The van der Waals surface area contributed by atoms with Gasteiger partial charge in [0, 0.05) is 6.04 Å². The van der Waals surface area contributed by atoms with Crippen LogP contribution >= 0.6 is 0 Å². The molecule has 1 atom stereocenters. The summed E-state index contributed by atoms with van der Waals surface area (Å²) in [5.74, 6) is 0. The first-order chi connectivity index (χ1) is 4.72. The highest BCUT2D eigenvalue weighted by molar-refractivity contribution is 4.84. The molecule has 0 bridgehead atoms. The second-order valence-electron chi connectivity index (χ2n) is 2.91. The van der Waals surface area contributed by atoms with Crippen LogP contribution in [0.3, 0.4) is 0 Å². The Morgan fingerprint density at radius 3 is 2.40 bits per heavy atom. The Bertz CT molecular complexity index is 86.7. The van der Waals surface area contributed by atoms with Gasteiger partial charge in [-0.05, 0) is 20.5 Å². The van der Waals surface area contributed by atoms with Crippen molar-refractivity contribution in [2.75, 3.05) is 14.1 Å². The summed E-state index contributed by atoms with van der Waals surface area (Å²) in [4.78, 5) is 2.21. The molecule has 0 saturated heterocycles. The van der Waals surface area contributed by atoms with Crippen molar-refractivity contribution in [1.29, 1.82) is 0 Å². The number of likely N-dealkylation sites (N-methyl/N-ethyl adjacent to an activating group) is 1. The molecule has 0 saturated carbocycles. The maximum atomic E-state index is 3.79. The second-order valence-corrected chi connectivity index (χ2v) is 2.91. The van der Waals surface area contributed by atoms with E-state index in [2.05, 4.69) is 32.5 Å². The molecule has 0 aliphatic heterocycles. The molecule has 0 aromatic rings. The van der Waals surface area contributed by atoms with E-state index in [0.717, 1.165) is 0 Å². The first kappa shape index (κ1) is 9.70. The molecule has 0 spiro atoms. The van der Waals surface area contributed by atoms with Gasteiger partial charge in [-0.2, -0.15) is 0 Å². The van der Waals surface area contributed by atoms with Crippen LogP contribution in [0.4, 0.5) is 0 Å². The zero-order chi connectivity index (χ0) is 7.98. The molecule has 10 heavy (non-hydrogen) atoms. The van der Waals surface area contributed by atoms with Gasteiger partial charge in [0.2, 0.25) is 0 Å². The third kappa shape index (κ3) is 3.67. The Kier molecular flexibility index (Phi) is 5.32. The van der Waals surface area contributed by atoms with E-state index >= 15 is 0 Å². The van der Waals surface area contributed by atoms with E-state index in [1.165, 1.54) is 19.3 Å². The van der Waals surface area contributed by atoms with Crippen molar-refractivity contribution < 1.29 is 0 Å². The Morgan fingerprint density at radius 2 is 2.10 bits per heavy atom. The lowest BCUT2D eigenvalue weighted by molar-refractivity contribution is 0.322. The van der Waals surface area contributed by atoms with E-state index in [4.69, 9.17) is 0 Å². The fourth-order valence-corrected chi connectivity index (χ4v) is 1.00. The average molecular weight is 141 g/mol. The Balaban J connectivity index is 3.50. The smallest absolute Gasteiger partial charge is 0.0269 e. The first-order valence-electron chi connectivity index (χ1n) is 4.01. The molecule has 0 aliphatic rings. The Labute approximate surface area is 64.7 Å². The topological polar surface area (TPSA) is 3.24 Å². The van der Waals surface area contributed by atoms with Crippen molar-refractivity contribution >= 4 is 0 Å². The molecule has 0 N–H and O–H groups in total. The van der Waals surface area contributed by atoms with E-state index in [1.54, 1.807) is 0 Å². The van der Waals surface area contributed by atoms with Gasteiger partial charge in [0.1, 0.15) is 0 Å². The van der Waals surface area contributed by atoms with E-state index < -0.39 is 0 Å². The maximum Gasteiger partial charge on any atom is 0.0269 e. The third-order valence-corrected chi connectivity index (χ3v) is 1.79. The number of rotatable bonds is 5. The van der Waals surface area contributed by atoms with Gasteiger partial charge in [0.25, 0.3) is 0 Å². The highest BCUT2D eigenvalue weighted by Crippen LogP contribution is 2.05. The normalized spacial score (nSPS) is 13.6. The SMILES string of the molecule is C=CC(CCCC)N(C)C. The van der Waals surface area contributed by atoms with Crippen molar-refractivity contribution in [1.82, 2.24) is 4.90 Å². The molecule has 60 valence electrons. The summed E-state index contributed by atoms with van der Waals surface area (Å²) < 4.78 is 0. The minimum atomic E-state index is 0.569. The molecule has 0 amide bonds. The molecule has 0 radical (unpaired) electrons. The van der Waals surface area contributed by atoms with Crippen LogP contribution in [0.15, 0.2) is 12.7 Å². The number of unbranched alkanes of at least 4 members (excludes halogenated alkanes) is 1. The summed E-state index contributed by atoms with van der Waals surface area (Å²) >= 11 is 0. The summed E-state index contributed by atoms with van der Waals surface area (Å²) in [6.07, 6.45) is 5.84. The van der Waals surface area contributed by atoms with E-state index in [0.29, 0.717) is 6.04 Å². The van der Waals surface area contributed by atoms with Crippen LogP contribution in [-0.2, 0) is 0 Å². The molecule has 1 nitrogen and oxygen atoms in total. The molecule has 0 heterocycles. The van der Waals surface area contributed by atoms with Crippen LogP contribution in [0.1, 0.15) is 26.2 Å². The molecule has 0 aromatic heterocycles. The molecule has 0 fully saturated rings. The summed E-state index contributed by atoms with van der Waals surface area (Å²) in [7, 11) is 4.20. The molecule has 0 rings (SSSR count). The molecule has 0 aliphatic carbocycles. The fraction of sp³-hybridized carbons (Fsp3) is 0.778. The van der Waals surface area contributed by atoms with E-state index in [1.807, 2.05) is 6.08 Å². The van der Waals surface area contributed by atoms with E-state index in [-0.39, 0.29) is 0 Å². The molecular weight excluding hydrogens is 122 g/mol. The number of hydrogen-bond donors (Lipinski definition) is 0. The van der Waals surface area contributed by atoms with Crippen LogP contribution < -0.4 is 0 Å². The van der Waals surface area contributed by atoms with Crippen molar-refractivity contribution in [3.05, 3.63) is 12.7 Å². The fourth-order valence-electron chi connectivity index (χ4n) is 1.00. The third-order valence-electron chi connectivity index (χ3n) is 1.79. The van der Waals surface area contributed by atoms with Crippen molar-refractivity contribution in [2.45, 2.75) is 32.2 Å². The molecular formula is C9H19N. The van der Waals surface area contributed by atoms with Crippen LogP contribution in [0, 0.1) is 0 Å². The van der Waals surface area contributed by atoms with Crippen LogP contribution in [0.2, 0.25) is 0 Å². The number of hydrogen-bond acceptors (Lipinski definition) is 1. The highest BCUT2D eigenvalue weighted by Gasteiger charge is 2.03. The minimum Gasteiger partial charge on any atom is -0.303 e. The van der Waals surface area contributed by atoms with Gasteiger partial charge in [-0.3, -0.25) is 0 Å². The van der Waals surface area contributed by atoms with Crippen LogP contribution in [-0.4, -0.2) is 25.0 Å². The van der Waals surface area contributed by atoms with Crippen LogP contribution in [0.25, 0.3) is 0 Å². The highest BCUT2D eigenvalue weighted by atomic mass is 15.1. The summed E-state index contributed by atoms with van der Waals surface area (Å²) in [6.45, 7) is 6.01. The monoisotopic (exact) mass is 141 g/mol. The quantitative estimate of drug-likeness (QED) is 0.531. The molecule has 1 unspecified atom stereocenters. The molecule has 0 aromatic carbocycles. The zero-order valence-corrected chi connectivity index (χ0v) is 7.43. The van der Waals surface area contributed by atoms with Crippen molar-refractivity contribution in [3.8, 4) is 0 Å². The predicted molar refractivity (Wildman–Crippen MR) is 47.2 cm³/mol. The average Bonchev–Trinajstić information content (AvgIpc) is 1.89. The lowest BCUT2D eigenvalue weighted by Crippen LogP contribution is -2.25. The first-order valence-corrected chi connectivity index (χ1v) is 4.01. The Morgan fingerprint density at radius 1 is 1.50 bits per heavy atom. The van der Waals surface area contributed by atoms with Gasteiger partial charge in [-0.1, -0.05) is 25.8 Å². The van der Waals surface area contributed by atoms with Crippen molar-refractivity contribution in [3.63, 3.8) is 0 Å². The lowest BCUT2D eigenvalue weighted by Gasteiger charge is -2.19. The van der Waals surface area contributed by atoms with Gasteiger partial charge in [-0.15, -0.1) is 6.58 Å². The largest absolute Gasteiger partial charge is 0.303 e. The summed E-state index contributed by atoms with van der Waals surface area (Å²) in [5.41, 5.74) is 0. The van der Waals surface area contributed by atoms with Gasteiger partial charge in [0.05, 0.1) is 0 Å². The second kappa shape index (κ2) is 5.48. The number of nitrogens with zero attached hydrogens (tertiary/aromatic N) is 1. The van der Waals surface area contributed by atoms with Crippen molar-refractivity contribution in [2.24, 2.45) is 0 Å². The van der Waals surface area contributed by atoms with Gasteiger partial charge < -0.3 is 4.90 Å². The minimum absolute atomic E-state index is 0.569. The zero-order valence-electron chi connectivity index (χ0n) is 7.43. The van der Waals surface area contributed by atoms with Gasteiger partial charge in [0.15, 0.2) is 0 Å². The summed E-state index contributed by atoms with van der Waals surface area (Å²) in [6, 6.07) is 0.569. The summed E-state index contributed by atoms with van der Waals surface area (Å²) in [5, 5.41) is 0. The predicted octanol–water partition coefficient (Wildman–Crippen LogP) is 2.29.